The van der Waals surface area contributed by atoms with Crippen LogP contribution in [0, 0.1) is 0 Å². The van der Waals surface area contributed by atoms with Crippen LogP contribution in [0.1, 0.15) is 63.4 Å². The summed E-state index contributed by atoms with van der Waals surface area (Å²) in [6, 6.07) is 7.20. The van der Waals surface area contributed by atoms with E-state index in [1.807, 2.05) is 19.1 Å². The third kappa shape index (κ3) is 5.89. The molecule has 1 rings (SSSR count). The quantitative estimate of drug-likeness (QED) is 0.705. The number of carbonyl (C=O) groups excluding carboxylic acids is 2. The Morgan fingerprint density at radius 2 is 1.60 bits per heavy atom. The van der Waals surface area contributed by atoms with Crippen molar-refractivity contribution in [1.29, 1.82) is 0 Å². The van der Waals surface area contributed by atoms with E-state index in [1.54, 1.807) is 12.1 Å². The molecule has 0 saturated carbocycles. The SMILES string of the molecule is CCCC(C)(NC(=O)CNC(=O)c1ccc(C(C)(C)C)cc1)C(=O)O. The smallest absolute Gasteiger partial charge is 0.329 e. The number of nitrogens with one attached hydrogen (secondary N) is 2. The maximum Gasteiger partial charge on any atom is 0.329 e. The number of carboxylic acid groups (broad SMARTS) is 1. The fourth-order valence-corrected chi connectivity index (χ4v) is 2.46. The van der Waals surface area contributed by atoms with Gasteiger partial charge in [-0.25, -0.2) is 4.79 Å². The molecule has 1 atom stereocenters. The minimum absolute atomic E-state index is 0.00451. The number of hydrogen-bond acceptors (Lipinski definition) is 3. The van der Waals surface area contributed by atoms with Crippen LogP contribution in [0.25, 0.3) is 0 Å². The number of benzene rings is 1. The molecule has 0 saturated heterocycles. The molecule has 0 aliphatic carbocycles. The van der Waals surface area contributed by atoms with Crippen LogP contribution in [0.2, 0.25) is 0 Å². The molecular formula is C19H28N2O4. The van der Waals surface area contributed by atoms with E-state index < -0.39 is 17.4 Å². The van der Waals surface area contributed by atoms with Crippen LogP contribution in [0.4, 0.5) is 0 Å². The largest absolute Gasteiger partial charge is 0.480 e. The van der Waals surface area contributed by atoms with Gasteiger partial charge in [0.1, 0.15) is 5.54 Å². The summed E-state index contributed by atoms with van der Waals surface area (Å²) in [4.78, 5) is 35.4. The molecule has 6 heteroatoms. The zero-order valence-electron chi connectivity index (χ0n) is 15.6. The second-order valence-electron chi connectivity index (χ2n) is 7.45. The molecule has 0 spiro atoms. The standard InChI is InChI=1S/C19H28N2O4/c1-6-11-19(5,17(24)25)21-15(22)12-20-16(23)13-7-9-14(10-8-13)18(2,3)4/h7-10H,6,11-12H2,1-5H3,(H,20,23)(H,21,22)(H,24,25). The number of aliphatic carboxylic acids is 1. The van der Waals surface area contributed by atoms with Gasteiger partial charge in [-0.05, 0) is 36.5 Å². The third-order valence-electron chi connectivity index (χ3n) is 4.06. The Morgan fingerprint density at radius 1 is 1.04 bits per heavy atom. The molecule has 138 valence electrons. The van der Waals surface area contributed by atoms with E-state index >= 15 is 0 Å². The zero-order chi connectivity index (χ0) is 19.3. The molecule has 0 aliphatic heterocycles. The van der Waals surface area contributed by atoms with Crippen LogP contribution >= 0.6 is 0 Å². The predicted molar refractivity (Wildman–Crippen MR) is 96.6 cm³/mol. The Labute approximate surface area is 149 Å². The lowest BCUT2D eigenvalue weighted by Crippen LogP contribution is -2.54. The Kier molecular flexibility index (Phi) is 6.73. The minimum Gasteiger partial charge on any atom is -0.480 e. The first-order valence-corrected chi connectivity index (χ1v) is 8.43. The molecule has 0 heterocycles. The number of carbonyl (C=O) groups is 3. The van der Waals surface area contributed by atoms with Gasteiger partial charge in [0.2, 0.25) is 5.91 Å². The summed E-state index contributed by atoms with van der Waals surface area (Å²) in [7, 11) is 0. The van der Waals surface area contributed by atoms with E-state index in [0.29, 0.717) is 18.4 Å². The van der Waals surface area contributed by atoms with Crippen molar-refractivity contribution in [1.82, 2.24) is 10.6 Å². The first kappa shape index (κ1) is 20.7. The topological polar surface area (TPSA) is 95.5 Å². The highest BCUT2D eigenvalue weighted by molar-refractivity contribution is 5.97. The average molecular weight is 348 g/mol. The minimum atomic E-state index is -1.33. The molecule has 1 aromatic carbocycles. The Hall–Kier alpha value is -2.37. The van der Waals surface area contributed by atoms with Crippen LogP contribution in [0.15, 0.2) is 24.3 Å². The number of rotatable bonds is 7. The van der Waals surface area contributed by atoms with Gasteiger partial charge in [-0.1, -0.05) is 46.2 Å². The fraction of sp³-hybridized carbons (Fsp3) is 0.526. The molecule has 2 amide bonds. The van der Waals surface area contributed by atoms with Gasteiger partial charge in [0.25, 0.3) is 5.91 Å². The Balaban J connectivity index is 2.64. The first-order chi connectivity index (χ1) is 11.5. The molecular weight excluding hydrogens is 320 g/mol. The lowest BCUT2D eigenvalue weighted by atomic mass is 9.87. The second-order valence-corrected chi connectivity index (χ2v) is 7.45. The van der Waals surface area contributed by atoms with Crippen LogP contribution in [-0.4, -0.2) is 35.0 Å². The Bertz CT molecular complexity index is 632. The predicted octanol–water partition coefficient (Wildman–Crippen LogP) is 2.47. The maximum absolute atomic E-state index is 12.1. The monoisotopic (exact) mass is 348 g/mol. The van der Waals surface area contributed by atoms with E-state index in [0.717, 1.165) is 5.56 Å². The number of amides is 2. The zero-order valence-corrected chi connectivity index (χ0v) is 15.6. The van der Waals surface area contributed by atoms with E-state index in [-0.39, 0.29) is 17.9 Å². The highest BCUT2D eigenvalue weighted by Crippen LogP contribution is 2.22. The van der Waals surface area contributed by atoms with Gasteiger partial charge in [0.15, 0.2) is 0 Å². The normalized spacial score (nSPS) is 13.6. The van der Waals surface area contributed by atoms with Crippen molar-refractivity contribution in [2.75, 3.05) is 6.54 Å². The van der Waals surface area contributed by atoms with Crippen molar-refractivity contribution in [2.24, 2.45) is 0 Å². The van der Waals surface area contributed by atoms with Gasteiger partial charge in [0.05, 0.1) is 6.54 Å². The molecule has 1 unspecified atom stereocenters. The molecule has 6 nitrogen and oxygen atoms in total. The fourth-order valence-electron chi connectivity index (χ4n) is 2.46. The van der Waals surface area contributed by atoms with Crippen LogP contribution in [0.3, 0.4) is 0 Å². The average Bonchev–Trinajstić information content (AvgIpc) is 2.52. The van der Waals surface area contributed by atoms with E-state index in [9.17, 15) is 19.5 Å². The summed E-state index contributed by atoms with van der Waals surface area (Å²) in [5, 5.41) is 14.3. The lowest BCUT2D eigenvalue weighted by molar-refractivity contribution is -0.147. The molecule has 0 bridgehead atoms. The number of carboxylic acids is 1. The van der Waals surface area contributed by atoms with Gasteiger partial charge in [-0.15, -0.1) is 0 Å². The molecule has 1 aromatic rings. The van der Waals surface area contributed by atoms with E-state index in [2.05, 4.69) is 31.4 Å². The Morgan fingerprint density at radius 3 is 2.04 bits per heavy atom. The second kappa shape index (κ2) is 8.14. The summed E-state index contributed by atoms with van der Waals surface area (Å²) in [6.07, 6.45) is 0.936. The molecule has 0 aromatic heterocycles. The van der Waals surface area contributed by atoms with Gasteiger partial charge < -0.3 is 15.7 Å². The van der Waals surface area contributed by atoms with Gasteiger partial charge in [-0.3, -0.25) is 9.59 Å². The number of hydrogen-bond donors (Lipinski definition) is 3. The molecule has 3 N–H and O–H groups in total. The third-order valence-corrected chi connectivity index (χ3v) is 4.06. The van der Waals surface area contributed by atoms with Crippen LogP contribution in [0.5, 0.6) is 0 Å². The van der Waals surface area contributed by atoms with Crippen molar-refractivity contribution >= 4 is 17.8 Å². The van der Waals surface area contributed by atoms with Gasteiger partial charge in [-0.2, -0.15) is 0 Å². The molecule has 0 radical (unpaired) electrons. The molecule has 25 heavy (non-hydrogen) atoms. The highest BCUT2D eigenvalue weighted by Gasteiger charge is 2.33. The van der Waals surface area contributed by atoms with Crippen molar-refractivity contribution < 1.29 is 19.5 Å². The summed E-state index contributed by atoms with van der Waals surface area (Å²) < 4.78 is 0. The molecule has 0 fully saturated rings. The maximum atomic E-state index is 12.1. The van der Waals surface area contributed by atoms with Crippen LogP contribution < -0.4 is 10.6 Å². The summed E-state index contributed by atoms with van der Waals surface area (Å²) in [6.45, 7) is 9.29. The first-order valence-electron chi connectivity index (χ1n) is 8.43. The van der Waals surface area contributed by atoms with E-state index in [1.165, 1.54) is 6.92 Å². The summed E-state index contributed by atoms with van der Waals surface area (Å²) >= 11 is 0. The molecule has 0 aliphatic rings. The highest BCUT2D eigenvalue weighted by atomic mass is 16.4. The van der Waals surface area contributed by atoms with Crippen molar-refractivity contribution in [2.45, 2.75) is 58.4 Å². The van der Waals surface area contributed by atoms with E-state index in [4.69, 9.17) is 0 Å². The summed E-state index contributed by atoms with van der Waals surface area (Å²) in [5.74, 6) is -1.99. The van der Waals surface area contributed by atoms with Crippen LogP contribution in [-0.2, 0) is 15.0 Å². The van der Waals surface area contributed by atoms with Crippen molar-refractivity contribution in [3.8, 4) is 0 Å². The van der Waals surface area contributed by atoms with Crippen molar-refractivity contribution in [3.05, 3.63) is 35.4 Å². The summed E-state index contributed by atoms with van der Waals surface area (Å²) in [5.41, 5.74) is 0.231. The van der Waals surface area contributed by atoms with Crippen molar-refractivity contribution in [3.63, 3.8) is 0 Å². The lowest BCUT2D eigenvalue weighted by Gasteiger charge is -2.25. The van der Waals surface area contributed by atoms with Gasteiger partial charge >= 0.3 is 5.97 Å². The van der Waals surface area contributed by atoms with Gasteiger partial charge in [0, 0.05) is 5.56 Å².